The van der Waals surface area contributed by atoms with Crippen molar-refractivity contribution in [3.05, 3.63) is 20.8 Å². The smallest absolute Gasteiger partial charge is 0.404 e. The zero-order chi connectivity index (χ0) is 10.9. The Morgan fingerprint density at radius 1 is 1.36 bits per heavy atom. The average molecular weight is 335 g/mol. The predicted octanol–water partition coefficient (Wildman–Crippen LogP) is 3.81. The van der Waals surface area contributed by atoms with E-state index in [1.165, 1.54) is 13.1 Å². The number of halogens is 5. The van der Waals surface area contributed by atoms with Gasteiger partial charge in [-0.1, -0.05) is 0 Å². The lowest BCUT2D eigenvalue weighted by atomic mass is 10.3. The molecule has 1 rings (SSSR count). The van der Waals surface area contributed by atoms with Crippen molar-refractivity contribution in [3.8, 4) is 5.75 Å². The zero-order valence-corrected chi connectivity index (χ0v) is 9.99. The summed E-state index contributed by atoms with van der Waals surface area (Å²) in [7, 11) is 0. The molecule has 78 valence electrons. The highest BCUT2D eigenvalue weighted by atomic mass is 79.9. The van der Waals surface area contributed by atoms with E-state index in [1.807, 2.05) is 0 Å². The van der Waals surface area contributed by atoms with Crippen LogP contribution in [0.3, 0.4) is 0 Å². The van der Waals surface area contributed by atoms with E-state index in [9.17, 15) is 13.2 Å². The Hall–Kier alpha value is -0.300. The van der Waals surface area contributed by atoms with Crippen LogP contribution in [0.5, 0.6) is 5.75 Å². The maximum atomic E-state index is 12.0. The molecular formula is C7H4Br2F3NO. The van der Waals surface area contributed by atoms with E-state index >= 15 is 0 Å². The van der Waals surface area contributed by atoms with Crippen molar-refractivity contribution in [1.82, 2.24) is 4.98 Å². The lowest BCUT2D eigenvalue weighted by molar-refractivity contribution is -0.275. The van der Waals surface area contributed by atoms with Gasteiger partial charge in [0.15, 0.2) is 5.75 Å². The molecule has 0 saturated carbocycles. The van der Waals surface area contributed by atoms with Gasteiger partial charge in [0.2, 0.25) is 0 Å². The second-order valence-corrected chi connectivity index (χ2v) is 4.00. The summed E-state index contributed by atoms with van der Waals surface area (Å²) in [6, 6.07) is 0. The van der Waals surface area contributed by atoms with Gasteiger partial charge in [-0.05, 0) is 38.8 Å². The number of hydrogen-bond donors (Lipinski definition) is 0. The van der Waals surface area contributed by atoms with Crippen molar-refractivity contribution < 1.29 is 17.9 Å². The van der Waals surface area contributed by atoms with Crippen molar-refractivity contribution in [2.45, 2.75) is 13.3 Å². The molecule has 7 heteroatoms. The molecular weight excluding hydrogens is 331 g/mol. The Morgan fingerprint density at radius 3 is 2.43 bits per heavy atom. The molecule has 0 aliphatic carbocycles. The van der Waals surface area contributed by atoms with Crippen LogP contribution < -0.4 is 4.74 Å². The minimum atomic E-state index is -4.70. The molecule has 0 fully saturated rings. The molecule has 0 radical (unpaired) electrons. The van der Waals surface area contributed by atoms with Gasteiger partial charge in [-0.3, -0.25) is 0 Å². The summed E-state index contributed by atoms with van der Waals surface area (Å²) in [6.45, 7) is 1.48. The van der Waals surface area contributed by atoms with Crippen LogP contribution >= 0.6 is 31.9 Å². The molecule has 0 saturated heterocycles. The first-order valence-electron chi connectivity index (χ1n) is 3.37. The summed E-state index contributed by atoms with van der Waals surface area (Å²) in [5, 5.41) is 0. The molecule has 0 N–H and O–H groups in total. The number of aromatic nitrogens is 1. The number of hydrogen-bond acceptors (Lipinski definition) is 2. The first-order chi connectivity index (χ1) is 6.31. The van der Waals surface area contributed by atoms with E-state index in [0.717, 1.165) is 0 Å². The van der Waals surface area contributed by atoms with E-state index in [2.05, 4.69) is 41.6 Å². The van der Waals surface area contributed by atoms with Crippen LogP contribution in [0.25, 0.3) is 0 Å². The second kappa shape index (κ2) is 4.06. The van der Waals surface area contributed by atoms with Crippen molar-refractivity contribution in [1.29, 1.82) is 0 Å². The van der Waals surface area contributed by atoms with E-state index in [4.69, 9.17) is 0 Å². The highest BCUT2D eigenvalue weighted by Gasteiger charge is 2.33. The molecule has 0 aliphatic rings. The number of alkyl halides is 3. The van der Waals surface area contributed by atoms with Crippen molar-refractivity contribution in [2.24, 2.45) is 0 Å². The van der Waals surface area contributed by atoms with Crippen LogP contribution in [0.2, 0.25) is 0 Å². The molecule has 14 heavy (non-hydrogen) atoms. The van der Waals surface area contributed by atoms with Crippen molar-refractivity contribution in [2.75, 3.05) is 0 Å². The normalized spacial score (nSPS) is 11.6. The molecule has 0 atom stereocenters. The molecule has 1 heterocycles. The molecule has 1 aromatic heterocycles. The van der Waals surface area contributed by atoms with Crippen LogP contribution in [-0.2, 0) is 0 Å². The minimum Gasteiger partial charge on any atom is -0.404 e. The summed E-state index contributed by atoms with van der Waals surface area (Å²) >= 11 is 5.93. The summed E-state index contributed by atoms with van der Waals surface area (Å²) in [6.07, 6.45) is -3.47. The highest BCUT2D eigenvalue weighted by molar-refractivity contribution is 9.11. The van der Waals surface area contributed by atoms with Crippen molar-refractivity contribution >= 4 is 31.9 Å². The molecule has 0 spiro atoms. The molecule has 0 bridgehead atoms. The standard InChI is InChI=1S/C7H4Br2F3NO/c1-3-5(14-7(10,11)12)4(8)2-13-6(3)9/h2H,1H3. The number of nitrogens with zero attached hydrogens (tertiary/aromatic N) is 1. The average Bonchev–Trinajstić information content (AvgIpc) is 2.04. The van der Waals surface area contributed by atoms with Gasteiger partial charge in [-0.2, -0.15) is 0 Å². The summed E-state index contributed by atoms with van der Waals surface area (Å²) in [5.74, 6) is -0.278. The highest BCUT2D eigenvalue weighted by Crippen LogP contribution is 2.35. The van der Waals surface area contributed by atoms with Gasteiger partial charge in [0.05, 0.1) is 4.47 Å². The molecule has 0 aliphatic heterocycles. The quantitative estimate of drug-likeness (QED) is 0.728. The predicted molar refractivity (Wildman–Crippen MR) is 51.1 cm³/mol. The summed E-state index contributed by atoms with van der Waals surface area (Å²) in [4.78, 5) is 3.79. The summed E-state index contributed by atoms with van der Waals surface area (Å²) in [5.41, 5.74) is 0.289. The third kappa shape index (κ3) is 2.84. The van der Waals surface area contributed by atoms with E-state index in [1.54, 1.807) is 0 Å². The fourth-order valence-electron chi connectivity index (χ4n) is 0.783. The Bertz CT molecular complexity index is 354. The SMILES string of the molecule is Cc1c(Br)ncc(Br)c1OC(F)(F)F. The molecule has 2 nitrogen and oxygen atoms in total. The lowest BCUT2D eigenvalue weighted by Crippen LogP contribution is -2.18. The Balaban J connectivity index is 3.13. The van der Waals surface area contributed by atoms with Gasteiger partial charge in [0.1, 0.15) is 4.60 Å². The van der Waals surface area contributed by atoms with Gasteiger partial charge in [0.25, 0.3) is 0 Å². The topological polar surface area (TPSA) is 22.1 Å². The van der Waals surface area contributed by atoms with Crippen LogP contribution in [0.1, 0.15) is 5.56 Å². The fourth-order valence-corrected chi connectivity index (χ4v) is 1.55. The molecule has 0 unspecified atom stereocenters. The Labute approximate surface area is 94.7 Å². The molecule has 1 aromatic rings. The maximum Gasteiger partial charge on any atom is 0.573 e. The third-order valence-corrected chi connectivity index (χ3v) is 2.74. The van der Waals surface area contributed by atoms with Gasteiger partial charge in [-0.15, -0.1) is 13.2 Å². The Kier molecular flexibility index (Phi) is 3.41. The van der Waals surface area contributed by atoms with E-state index in [-0.39, 0.29) is 15.8 Å². The minimum absolute atomic E-state index is 0.163. The fraction of sp³-hybridized carbons (Fsp3) is 0.286. The molecule has 0 amide bonds. The van der Waals surface area contributed by atoms with Gasteiger partial charge in [-0.25, -0.2) is 4.98 Å². The lowest BCUT2D eigenvalue weighted by Gasteiger charge is -2.13. The monoisotopic (exact) mass is 333 g/mol. The van der Waals surface area contributed by atoms with Gasteiger partial charge < -0.3 is 4.74 Å². The third-order valence-electron chi connectivity index (χ3n) is 1.38. The zero-order valence-electron chi connectivity index (χ0n) is 6.82. The van der Waals surface area contributed by atoms with E-state index < -0.39 is 6.36 Å². The van der Waals surface area contributed by atoms with Crippen LogP contribution in [0.4, 0.5) is 13.2 Å². The second-order valence-electron chi connectivity index (χ2n) is 2.40. The van der Waals surface area contributed by atoms with Crippen molar-refractivity contribution in [3.63, 3.8) is 0 Å². The first kappa shape index (κ1) is 11.8. The van der Waals surface area contributed by atoms with Crippen LogP contribution in [0.15, 0.2) is 15.3 Å². The van der Waals surface area contributed by atoms with Crippen LogP contribution in [0, 0.1) is 6.92 Å². The maximum absolute atomic E-state index is 12.0. The Morgan fingerprint density at radius 2 is 1.93 bits per heavy atom. The number of pyridine rings is 1. The molecule has 0 aromatic carbocycles. The first-order valence-corrected chi connectivity index (χ1v) is 4.96. The number of rotatable bonds is 1. The number of ether oxygens (including phenoxy) is 1. The summed E-state index contributed by atoms with van der Waals surface area (Å²) < 4.78 is 40.2. The largest absolute Gasteiger partial charge is 0.573 e. The van der Waals surface area contributed by atoms with Crippen LogP contribution in [-0.4, -0.2) is 11.3 Å². The van der Waals surface area contributed by atoms with Gasteiger partial charge >= 0.3 is 6.36 Å². The van der Waals surface area contributed by atoms with E-state index in [0.29, 0.717) is 4.60 Å². The van der Waals surface area contributed by atoms with Gasteiger partial charge in [0, 0.05) is 11.8 Å².